The summed E-state index contributed by atoms with van der Waals surface area (Å²) in [7, 11) is 0. The van der Waals surface area contributed by atoms with Crippen LogP contribution in [-0.2, 0) is 0 Å². The molecule has 0 aliphatic carbocycles. The van der Waals surface area contributed by atoms with Crippen LogP contribution in [-0.4, -0.2) is 28.3 Å². The van der Waals surface area contributed by atoms with Gasteiger partial charge in [0.15, 0.2) is 0 Å². The Morgan fingerprint density at radius 2 is 2.00 bits per heavy atom. The van der Waals surface area contributed by atoms with Crippen molar-refractivity contribution in [2.75, 3.05) is 23.8 Å². The lowest BCUT2D eigenvalue weighted by Gasteiger charge is -2.29. The molecule has 1 aromatic carbocycles. The molecule has 0 atom stereocenters. The molecule has 0 saturated carbocycles. The Labute approximate surface area is 135 Å². The maximum atomic E-state index is 9.83. The van der Waals surface area contributed by atoms with Crippen LogP contribution in [0.4, 0.5) is 11.5 Å². The molecular weight excluding hydrogens is 290 g/mol. The molecule has 0 spiro atoms. The highest BCUT2D eigenvalue weighted by molar-refractivity contribution is 5.70. The average molecular weight is 309 g/mol. The lowest BCUT2D eigenvalue weighted by molar-refractivity contribution is 0.297. The van der Waals surface area contributed by atoms with Gasteiger partial charge < -0.3 is 20.8 Å². The van der Waals surface area contributed by atoms with Crippen molar-refractivity contribution in [2.24, 2.45) is 0 Å². The summed E-state index contributed by atoms with van der Waals surface area (Å²) in [6.07, 6.45) is 5.80. The molecule has 4 N–H and O–H groups in total. The van der Waals surface area contributed by atoms with E-state index >= 15 is 0 Å². The topological polar surface area (TPSA) is 82.6 Å². The number of allylic oxidation sites excluding steroid dienone is 2. The number of nitrogen functional groups attached to an aromatic ring is 1. The zero-order valence-corrected chi connectivity index (χ0v) is 12.7. The Bertz CT molecular complexity index is 751. The van der Waals surface area contributed by atoms with E-state index in [0.717, 1.165) is 22.5 Å². The first-order valence-electron chi connectivity index (χ1n) is 7.46. The summed E-state index contributed by atoms with van der Waals surface area (Å²) < 4.78 is 0. The van der Waals surface area contributed by atoms with E-state index in [1.807, 2.05) is 41.3 Å². The zero-order valence-electron chi connectivity index (χ0n) is 12.7. The molecule has 5 heteroatoms. The molecule has 118 valence electrons. The normalized spacial score (nSPS) is 14.4. The van der Waals surface area contributed by atoms with Gasteiger partial charge in [-0.3, -0.25) is 0 Å². The van der Waals surface area contributed by atoms with E-state index in [0.29, 0.717) is 24.5 Å². The van der Waals surface area contributed by atoms with Crippen LogP contribution < -0.4 is 10.6 Å². The highest BCUT2D eigenvalue weighted by Gasteiger charge is 2.17. The minimum atomic E-state index is 0.0680. The first-order valence-corrected chi connectivity index (χ1v) is 7.46. The van der Waals surface area contributed by atoms with Gasteiger partial charge in [-0.05, 0) is 42.0 Å². The quantitative estimate of drug-likeness (QED) is 0.809. The highest BCUT2D eigenvalue weighted by atomic mass is 16.3. The first-order chi connectivity index (χ1) is 11.2. The van der Waals surface area contributed by atoms with Crippen LogP contribution in [0.2, 0.25) is 0 Å². The average Bonchev–Trinajstić information content (AvgIpc) is 2.57. The molecule has 3 rings (SSSR count). The van der Waals surface area contributed by atoms with Gasteiger partial charge in [0, 0.05) is 36.2 Å². The molecule has 2 aromatic rings. The van der Waals surface area contributed by atoms with Gasteiger partial charge >= 0.3 is 0 Å². The summed E-state index contributed by atoms with van der Waals surface area (Å²) in [6.45, 7) is 0.466. The first kappa shape index (κ1) is 15.1. The molecule has 1 aliphatic heterocycles. The van der Waals surface area contributed by atoms with Crippen molar-refractivity contribution >= 4 is 11.5 Å². The molecule has 0 bridgehead atoms. The fourth-order valence-corrected chi connectivity index (χ4v) is 2.62. The Morgan fingerprint density at radius 3 is 2.74 bits per heavy atom. The molecule has 0 unspecified atom stereocenters. The molecule has 0 radical (unpaired) electrons. The fourth-order valence-electron chi connectivity index (χ4n) is 2.62. The van der Waals surface area contributed by atoms with E-state index < -0.39 is 0 Å². The summed E-state index contributed by atoms with van der Waals surface area (Å²) in [5.74, 6) is 0.787. The summed E-state index contributed by atoms with van der Waals surface area (Å²) in [5.41, 5.74) is 9.56. The van der Waals surface area contributed by atoms with Gasteiger partial charge in [-0.1, -0.05) is 12.1 Å². The number of pyridine rings is 1. The van der Waals surface area contributed by atoms with Crippen LogP contribution in [0.15, 0.2) is 66.2 Å². The number of hydrogen-bond donors (Lipinski definition) is 3. The Morgan fingerprint density at radius 1 is 1.13 bits per heavy atom. The van der Waals surface area contributed by atoms with E-state index in [1.54, 1.807) is 18.3 Å². The van der Waals surface area contributed by atoms with Crippen molar-refractivity contribution in [3.8, 4) is 11.1 Å². The molecule has 2 heterocycles. The smallest absolute Gasteiger partial charge is 0.123 e. The minimum absolute atomic E-state index is 0.0680. The number of nitrogens with two attached hydrogens (primary N) is 1. The number of aliphatic hydroxyl groups excluding tert-OH is 2. The number of nitrogens with zero attached hydrogens (tertiary/aromatic N) is 2. The number of anilines is 2. The van der Waals surface area contributed by atoms with Crippen LogP contribution in [0, 0.1) is 0 Å². The maximum absolute atomic E-state index is 9.83. The van der Waals surface area contributed by atoms with Crippen LogP contribution in [0.3, 0.4) is 0 Å². The van der Waals surface area contributed by atoms with Crippen molar-refractivity contribution in [1.82, 2.24) is 4.98 Å². The van der Waals surface area contributed by atoms with E-state index in [1.165, 1.54) is 0 Å². The van der Waals surface area contributed by atoms with Crippen LogP contribution in [0.5, 0.6) is 0 Å². The summed E-state index contributed by atoms with van der Waals surface area (Å²) in [6, 6.07) is 11.7. The summed E-state index contributed by atoms with van der Waals surface area (Å²) in [4.78, 5) is 6.12. The number of benzene rings is 1. The van der Waals surface area contributed by atoms with Crippen molar-refractivity contribution in [1.29, 1.82) is 0 Å². The second kappa shape index (κ2) is 6.54. The predicted octanol–water partition coefficient (Wildman–Crippen LogP) is 2.86. The Balaban J connectivity index is 1.94. The van der Waals surface area contributed by atoms with Gasteiger partial charge in [-0.15, -0.1) is 0 Å². The van der Waals surface area contributed by atoms with Gasteiger partial charge in [0.25, 0.3) is 0 Å². The SMILES string of the molecule is Nc1ccc(-c2cccc(N3CC(O)=CC=C3CCO)c2)cn1. The number of aliphatic hydroxyl groups is 2. The van der Waals surface area contributed by atoms with Crippen LogP contribution in [0.1, 0.15) is 6.42 Å². The highest BCUT2D eigenvalue weighted by Crippen LogP contribution is 2.29. The lowest BCUT2D eigenvalue weighted by atomic mass is 10.1. The second-order valence-electron chi connectivity index (χ2n) is 5.40. The molecule has 23 heavy (non-hydrogen) atoms. The van der Waals surface area contributed by atoms with Crippen molar-refractivity contribution < 1.29 is 10.2 Å². The van der Waals surface area contributed by atoms with Gasteiger partial charge in [-0.25, -0.2) is 4.98 Å². The zero-order chi connectivity index (χ0) is 16.2. The number of aromatic nitrogens is 1. The van der Waals surface area contributed by atoms with Gasteiger partial charge in [0.1, 0.15) is 11.6 Å². The third-order valence-corrected chi connectivity index (χ3v) is 3.78. The van der Waals surface area contributed by atoms with E-state index in [2.05, 4.69) is 4.98 Å². The van der Waals surface area contributed by atoms with Crippen molar-refractivity contribution in [3.05, 3.63) is 66.2 Å². The number of hydrogen-bond acceptors (Lipinski definition) is 5. The third-order valence-electron chi connectivity index (χ3n) is 3.78. The van der Waals surface area contributed by atoms with E-state index in [4.69, 9.17) is 5.73 Å². The largest absolute Gasteiger partial charge is 0.510 e. The van der Waals surface area contributed by atoms with Crippen LogP contribution >= 0.6 is 0 Å². The summed E-state index contributed by atoms with van der Waals surface area (Å²) >= 11 is 0. The summed E-state index contributed by atoms with van der Waals surface area (Å²) in [5, 5.41) is 19.1. The fraction of sp³-hybridized carbons (Fsp3) is 0.167. The Kier molecular flexibility index (Phi) is 4.30. The van der Waals surface area contributed by atoms with Gasteiger partial charge in [0.2, 0.25) is 0 Å². The molecule has 0 saturated heterocycles. The van der Waals surface area contributed by atoms with Gasteiger partial charge in [0.05, 0.1) is 6.54 Å². The molecule has 5 nitrogen and oxygen atoms in total. The molecule has 0 fully saturated rings. The van der Waals surface area contributed by atoms with Gasteiger partial charge in [-0.2, -0.15) is 0 Å². The maximum Gasteiger partial charge on any atom is 0.123 e. The van der Waals surface area contributed by atoms with Crippen molar-refractivity contribution in [3.63, 3.8) is 0 Å². The molecule has 1 aliphatic rings. The minimum Gasteiger partial charge on any atom is -0.510 e. The number of rotatable bonds is 4. The predicted molar refractivity (Wildman–Crippen MR) is 91.9 cm³/mol. The van der Waals surface area contributed by atoms with Crippen LogP contribution in [0.25, 0.3) is 11.1 Å². The van der Waals surface area contributed by atoms with E-state index in [9.17, 15) is 10.2 Å². The lowest BCUT2D eigenvalue weighted by Crippen LogP contribution is -2.27. The second-order valence-corrected chi connectivity index (χ2v) is 5.40. The Hall–Kier alpha value is -2.79. The standard InChI is InChI=1S/C18H19N3O2/c19-18-7-4-14(11-20-18)13-2-1-3-16(10-13)21-12-17(23)6-5-15(21)8-9-22/h1-7,10-11,22-23H,8-9,12H2,(H2,19,20). The third kappa shape index (κ3) is 3.35. The molecular formula is C18H19N3O2. The molecule has 1 aromatic heterocycles. The van der Waals surface area contributed by atoms with Crippen molar-refractivity contribution in [2.45, 2.75) is 6.42 Å². The van der Waals surface area contributed by atoms with E-state index in [-0.39, 0.29) is 6.61 Å². The monoisotopic (exact) mass is 309 g/mol. The molecule has 0 amide bonds.